The summed E-state index contributed by atoms with van der Waals surface area (Å²) in [5.74, 6) is -0.146. The highest BCUT2D eigenvalue weighted by atomic mass is 16.5. The molecule has 3 fully saturated rings. The third-order valence-electron chi connectivity index (χ3n) is 5.41. The molecule has 4 atom stereocenters. The van der Waals surface area contributed by atoms with Gasteiger partial charge in [-0.2, -0.15) is 0 Å². The molecular formula is C17H19NO5. The van der Waals surface area contributed by atoms with Gasteiger partial charge in [0, 0.05) is 18.9 Å². The van der Waals surface area contributed by atoms with Crippen LogP contribution in [0.15, 0.2) is 24.3 Å². The minimum atomic E-state index is -0.985. The number of carbonyl (C=O) groups excluding carboxylic acids is 1. The zero-order valence-corrected chi connectivity index (χ0v) is 12.6. The van der Waals surface area contributed by atoms with E-state index in [0.29, 0.717) is 25.3 Å². The van der Waals surface area contributed by atoms with Crippen LogP contribution in [-0.4, -0.2) is 52.3 Å². The van der Waals surface area contributed by atoms with Crippen molar-refractivity contribution in [1.82, 2.24) is 4.90 Å². The van der Waals surface area contributed by atoms with E-state index >= 15 is 0 Å². The third kappa shape index (κ3) is 2.28. The number of carbonyl (C=O) groups is 2. The van der Waals surface area contributed by atoms with Gasteiger partial charge in [-0.05, 0) is 31.0 Å². The molecule has 0 spiro atoms. The van der Waals surface area contributed by atoms with Crippen LogP contribution in [0.3, 0.4) is 0 Å². The highest BCUT2D eigenvalue weighted by Gasteiger charge is 2.72. The average Bonchev–Trinajstić information content (AvgIpc) is 2.91. The van der Waals surface area contributed by atoms with Crippen LogP contribution in [0, 0.1) is 11.3 Å². The second kappa shape index (κ2) is 4.96. The Labute approximate surface area is 133 Å². The fraction of sp³-hybridized carbons (Fsp3) is 0.529. The zero-order chi connectivity index (χ0) is 16.2. The number of nitrogens with zero attached hydrogens (tertiary/aromatic N) is 1. The maximum atomic E-state index is 12.6. The molecular weight excluding hydrogens is 298 g/mol. The monoisotopic (exact) mass is 317 g/mol. The number of hydrogen-bond acceptors (Lipinski definition) is 4. The first-order valence-corrected chi connectivity index (χ1v) is 7.97. The van der Waals surface area contributed by atoms with Crippen molar-refractivity contribution in [1.29, 1.82) is 0 Å². The number of ether oxygens (including phenoxy) is 1. The van der Waals surface area contributed by atoms with Crippen molar-refractivity contribution in [3.8, 4) is 5.75 Å². The van der Waals surface area contributed by atoms with Gasteiger partial charge in [0.05, 0.1) is 23.6 Å². The molecule has 1 aromatic carbocycles. The van der Waals surface area contributed by atoms with Crippen molar-refractivity contribution >= 4 is 11.9 Å². The molecule has 6 heteroatoms. The molecule has 6 nitrogen and oxygen atoms in total. The van der Waals surface area contributed by atoms with Gasteiger partial charge >= 0.3 is 5.97 Å². The van der Waals surface area contributed by atoms with Crippen molar-refractivity contribution in [3.63, 3.8) is 0 Å². The quantitative estimate of drug-likeness (QED) is 0.869. The molecule has 4 rings (SSSR count). The first kappa shape index (κ1) is 14.5. The molecule has 1 amide bonds. The molecule has 0 radical (unpaired) electrons. The van der Waals surface area contributed by atoms with E-state index in [1.165, 1.54) is 12.1 Å². The lowest BCUT2D eigenvalue weighted by molar-refractivity contribution is -0.143. The highest BCUT2D eigenvalue weighted by molar-refractivity contribution is 5.88. The maximum absolute atomic E-state index is 12.6. The van der Waals surface area contributed by atoms with Crippen LogP contribution < -0.4 is 4.74 Å². The molecule has 1 heterocycles. The Balaban J connectivity index is 1.37. The summed E-state index contributed by atoms with van der Waals surface area (Å²) >= 11 is 0. The molecule has 2 N–H and O–H groups in total. The van der Waals surface area contributed by atoms with E-state index in [4.69, 9.17) is 9.84 Å². The summed E-state index contributed by atoms with van der Waals surface area (Å²) in [6.45, 7) is 1.19. The Morgan fingerprint density at radius 2 is 2.13 bits per heavy atom. The minimum absolute atomic E-state index is 0.110. The molecule has 2 aliphatic carbocycles. The van der Waals surface area contributed by atoms with Crippen LogP contribution in [0.1, 0.15) is 29.6 Å². The normalized spacial score (nSPS) is 34.5. The summed E-state index contributed by atoms with van der Waals surface area (Å²) < 4.78 is 5.84. The maximum Gasteiger partial charge on any atom is 0.335 e. The fourth-order valence-electron chi connectivity index (χ4n) is 3.98. The standard InChI is InChI=1S/C17H19NO5/c19-14-8-17(7-13(14)17)16(22)18-5-4-12(9-18)23-11-3-1-2-10(6-11)15(20)21/h1-3,6,12-14,19H,4-5,7-9H2,(H,20,21)/t12?,13-,14-,17-/m1/s1. The largest absolute Gasteiger partial charge is 0.488 e. The van der Waals surface area contributed by atoms with E-state index in [1.54, 1.807) is 12.1 Å². The molecule has 1 aliphatic heterocycles. The Kier molecular flexibility index (Phi) is 3.13. The van der Waals surface area contributed by atoms with Crippen molar-refractivity contribution in [2.75, 3.05) is 13.1 Å². The van der Waals surface area contributed by atoms with Crippen LogP contribution in [0.4, 0.5) is 0 Å². The molecule has 1 saturated heterocycles. The van der Waals surface area contributed by atoms with E-state index in [9.17, 15) is 14.7 Å². The predicted octanol–water partition coefficient (Wildman–Crippen LogP) is 1.14. The summed E-state index contributed by atoms with van der Waals surface area (Å²) in [4.78, 5) is 25.4. The number of aliphatic hydroxyl groups is 1. The second-order valence-electron chi connectivity index (χ2n) is 6.85. The van der Waals surface area contributed by atoms with E-state index in [2.05, 4.69) is 0 Å². The van der Waals surface area contributed by atoms with Gasteiger partial charge in [-0.15, -0.1) is 0 Å². The smallest absolute Gasteiger partial charge is 0.335 e. The SMILES string of the molecule is O=C(O)c1cccc(OC2CCN(C(=O)[C@]34C[C@@H](O)[C@H]3C4)C2)c1. The minimum Gasteiger partial charge on any atom is -0.488 e. The Bertz CT molecular complexity index is 675. The summed E-state index contributed by atoms with van der Waals surface area (Å²) in [5.41, 5.74) is -0.0889. The van der Waals surface area contributed by atoms with Gasteiger partial charge in [-0.25, -0.2) is 4.79 Å². The van der Waals surface area contributed by atoms with Crippen molar-refractivity contribution < 1.29 is 24.5 Å². The predicted molar refractivity (Wildman–Crippen MR) is 80.2 cm³/mol. The molecule has 0 bridgehead atoms. The van der Waals surface area contributed by atoms with Gasteiger partial charge in [0.2, 0.25) is 5.91 Å². The highest BCUT2D eigenvalue weighted by Crippen LogP contribution is 2.68. The van der Waals surface area contributed by atoms with Gasteiger partial charge in [0.15, 0.2) is 0 Å². The Hall–Kier alpha value is -2.08. The Morgan fingerprint density at radius 3 is 2.78 bits per heavy atom. The van der Waals surface area contributed by atoms with Gasteiger partial charge in [0.1, 0.15) is 11.9 Å². The summed E-state index contributed by atoms with van der Waals surface area (Å²) in [5, 5.41) is 18.6. The number of fused-ring (bicyclic) bond motifs is 1. The second-order valence-corrected chi connectivity index (χ2v) is 6.85. The lowest BCUT2D eigenvalue weighted by Gasteiger charge is -2.33. The fourth-order valence-corrected chi connectivity index (χ4v) is 3.98. The van der Waals surface area contributed by atoms with E-state index in [0.717, 1.165) is 12.8 Å². The first-order valence-electron chi connectivity index (χ1n) is 7.97. The topological polar surface area (TPSA) is 87.1 Å². The number of amides is 1. The number of carboxylic acid groups (broad SMARTS) is 1. The average molecular weight is 317 g/mol. The third-order valence-corrected chi connectivity index (χ3v) is 5.41. The van der Waals surface area contributed by atoms with Crippen LogP contribution in [0.2, 0.25) is 0 Å². The van der Waals surface area contributed by atoms with Crippen LogP contribution in [0.25, 0.3) is 0 Å². The van der Waals surface area contributed by atoms with Crippen LogP contribution in [0.5, 0.6) is 5.75 Å². The van der Waals surface area contributed by atoms with E-state index in [-0.39, 0.29) is 35.0 Å². The van der Waals surface area contributed by atoms with E-state index in [1.807, 2.05) is 4.90 Å². The molecule has 3 aliphatic rings. The lowest BCUT2D eigenvalue weighted by atomic mass is 9.81. The van der Waals surface area contributed by atoms with Gasteiger partial charge in [-0.3, -0.25) is 4.79 Å². The molecule has 2 saturated carbocycles. The number of rotatable bonds is 4. The number of aromatic carboxylic acids is 1. The van der Waals surface area contributed by atoms with Crippen molar-refractivity contribution in [2.24, 2.45) is 11.3 Å². The number of carboxylic acids is 1. The number of benzene rings is 1. The van der Waals surface area contributed by atoms with Crippen molar-refractivity contribution in [2.45, 2.75) is 31.5 Å². The van der Waals surface area contributed by atoms with Gasteiger partial charge < -0.3 is 19.8 Å². The number of hydrogen-bond donors (Lipinski definition) is 2. The van der Waals surface area contributed by atoms with Crippen LogP contribution >= 0.6 is 0 Å². The van der Waals surface area contributed by atoms with Crippen LogP contribution in [-0.2, 0) is 4.79 Å². The molecule has 1 aromatic rings. The summed E-state index contributed by atoms with van der Waals surface area (Å²) in [7, 11) is 0. The van der Waals surface area contributed by atoms with Gasteiger partial charge in [0.25, 0.3) is 0 Å². The molecule has 23 heavy (non-hydrogen) atoms. The number of aliphatic hydroxyl groups excluding tert-OH is 1. The lowest BCUT2D eigenvalue weighted by Crippen LogP contribution is -2.45. The molecule has 1 unspecified atom stereocenters. The Morgan fingerprint density at radius 1 is 1.30 bits per heavy atom. The van der Waals surface area contributed by atoms with E-state index < -0.39 is 5.97 Å². The zero-order valence-electron chi connectivity index (χ0n) is 12.6. The number of likely N-dealkylation sites (tertiary alicyclic amines) is 1. The van der Waals surface area contributed by atoms with Crippen molar-refractivity contribution in [3.05, 3.63) is 29.8 Å². The first-order chi connectivity index (χ1) is 11.0. The summed E-state index contributed by atoms with van der Waals surface area (Å²) in [6.07, 6.45) is 1.75. The summed E-state index contributed by atoms with van der Waals surface area (Å²) in [6, 6.07) is 6.41. The molecule has 122 valence electrons. The van der Waals surface area contributed by atoms with Gasteiger partial charge in [-0.1, -0.05) is 6.07 Å². The molecule has 0 aromatic heterocycles.